The van der Waals surface area contributed by atoms with E-state index >= 15 is 0 Å². The maximum absolute atomic E-state index is 11.8. The van der Waals surface area contributed by atoms with Gasteiger partial charge in [-0.1, -0.05) is 17.7 Å². The molecule has 0 aromatic heterocycles. The summed E-state index contributed by atoms with van der Waals surface area (Å²) in [5.41, 5.74) is 10.4. The first kappa shape index (κ1) is 13.4. The smallest absolute Gasteiger partial charge is 0.0490 e. The summed E-state index contributed by atoms with van der Waals surface area (Å²) in [7, 11) is -0.778. The highest BCUT2D eigenvalue weighted by atomic mass is 32.2. The molecule has 0 aliphatic heterocycles. The van der Waals surface area contributed by atoms with E-state index in [1.165, 1.54) is 22.3 Å². The highest BCUT2D eigenvalue weighted by molar-refractivity contribution is 7.84. The van der Waals surface area contributed by atoms with Gasteiger partial charge >= 0.3 is 0 Å². The minimum absolute atomic E-state index is 0.623. The summed E-state index contributed by atoms with van der Waals surface area (Å²) in [5.74, 6) is 1.38. The van der Waals surface area contributed by atoms with E-state index in [2.05, 4.69) is 32.9 Å². The number of benzene rings is 1. The van der Waals surface area contributed by atoms with Gasteiger partial charge in [-0.25, -0.2) is 0 Å². The number of hydrogen-bond donors (Lipinski definition) is 1. The molecule has 1 aromatic carbocycles. The molecule has 16 heavy (non-hydrogen) atoms. The third-order valence-electron chi connectivity index (χ3n) is 2.72. The molecule has 0 saturated carbocycles. The highest BCUT2D eigenvalue weighted by Gasteiger charge is 2.07. The average molecular weight is 239 g/mol. The van der Waals surface area contributed by atoms with Crippen LogP contribution in [0, 0.1) is 20.8 Å². The SMILES string of the molecule is Cc1cc(C)c(CS(=O)CCCN)c(C)c1. The van der Waals surface area contributed by atoms with Crippen LogP contribution in [0.4, 0.5) is 0 Å². The molecular weight excluding hydrogens is 218 g/mol. The first-order chi connectivity index (χ1) is 7.54. The fourth-order valence-corrected chi connectivity index (χ4v) is 3.33. The lowest BCUT2D eigenvalue weighted by Gasteiger charge is -2.11. The van der Waals surface area contributed by atoms with Crippen LogP contribution in [0.25, 0.3) is 0 Å². The predicted molar refractivity (Wildman–Crippen MR) is 71.0 cm³/mol. The summed E-state index contributed by atoms with van der Waals surface area (Å²) in [6, 6.07) is 4.31. The molecule has 0 radical (unpaired) electrons. The summed E-state index contributed by atoms with van der Waals surface area (Å²) in [6.07, 6.45) is 0.844. The maximum atomic E-state index is 11.8. The Bertz CT molecular complexity index is 365. The number of rotatable bonds is 5. The molecule has 1 rings (SSSR count). The van der Waals surface area contributed by atoms with E-state index in [9.17, 15) is 4.21 Å². The van der Waals surface area contributed by atoms with E-state index in [-0.39, 0.29) is 0 Å². The molecule has 0 saturated heterocycles. The second-order valence-electron chi connectivity index (χ2n) is 4.31. The van der Waals surface area contributed by atoms with Crippen molar-refractivity contribution in [2.45, 2.75) is 32.9 Å². The molecule has 1 unspecified atom stereocenters. The number of hydrogen-bond acceptors (Lipinski definition) is 2. The van der Waals surface area contributed by atoms with Crippen LogP contribution in [0.2, 0.25) is 0 Å². The Morgan fingerprint density at radius 2 is 1.75 bits per heavy atom. The van der Waals surface area contributed by atoms with Gasteiger partial charge in [0.05, 0.1) is 0 Å². The zero-order valence-corrected chi connectivity index (χ0v) is 11.2. The van der Waals surface area contributed by atoms with Crippen LogP contribution in [0.5, 0.6) is 0 Å². The van der Waals surface area contributed by atoms with Gasteiger partial charge in [-0.3, -0.25) is 4.21 Å². The lowest BCUT2D eigenvalue weighted by Crippen LogP contribution is -2.09. The molecular formula is C13H21NOS. The molecule has 0 fully saturated rings. The molecule has 2 N–H and O–H groups in total. The van der Waals surface area contributed by atoms with Gasteiger partial charge in [0.1, 0.15) is 0 Å². The van der Waals surface area contributed by atoms with Crippen molar-refractivity contribution < 1.29 is 4.21 Å². The lowest BCUT2D eigenvalue weighted by molar-refractivity contribution is 0.680. The summed E-state index contributed by atoms with van der Waals surface area (Å²) in [6.45, 7) is 6.90. The first-order valence-electron chi connectivity index (χ1n) is 5.66. The zero-order chi connectivity index (χ0) is 12.1. The van der Waals surface area contributed by atoms with Crippen LogP contribution in [-0.4, -0.2) is 16.5 Å². The third kappa shape index (κ3) is 3.72. The molecule has 2 nitrogen and oxygen atoms in total. The Morgan fingerprint density at radius 3 is 2.25 bits per heavy atom. The quantitative estimate of drug-likeness (QED) is 0.856. The molecule has 1 atom stereocenters. The summed E-state index contributed by atoms with van der Waals surface area (Å²) in [4.78, 5) is 0. The van der Waals surface area contributed by atoms with Crippen molar-refractivity contribution in [1.82, 2.24) is 0 Å². The summed E-state index contributed by atoms with van der Waals surface area (Å²) < 4.78 is 11.8. The Kier molecular flexibility index (Phi) is 5.16. The summed E-state index contributed by atoms with van der Waals surface area (Å²) in [5, 5.41) is 0. The van der Waals surface area contributed by atoms with Crippen molar-refractivity contribution in [3.05, 3.63) is 34.4 Å². The Hall–Kier alpha value is -0.670. The molecule has 1 aromatic rings. The largest absolute Gasteiger partial charge is 0.330 e. The van der Waals surface area contributed by atoms with E-state index < -0.39 is 10.8 Å². The van der Waals surface area contributed by atoms with Crippen LogP contribution in [-0.2, 0) is 16.6 Å². The maximum Gasteiger partial charge on any atom is 0.0490 e. The zero-order valence-electron chi connectivity index (χ0n) is 10.4. The Balaban J connectivity index is 2.77. The van der Waals surface area contributed by atoms with E-state index in [4.69, 9.17) is 5.73 Å². The van der Waals surface area contributed by atoms with Gasteiger partial charge in [0.15, 0.2) is 0 Å². The van der Waals surface area contributed by atoms with Gasteiger partial charge in [0.25, 0.3) is 0 Å². The molecule has 0 bridgehead atoms. The fourth-order valence-electron chi connectivity index (χ4n) is 1.92. The molecule has 0 spiro atoms. The van der Waals surface area contributed by atoms with Gasteiger partial charge in [-0.15, -0.1) is 0 Å². The van der Waals surface area contributed by atoms with Crippen LogP contribution in [0.15, 0.2) is 12.1 Å². The Labute approximate surface area is 101 Å². The normalized spacial score (nSPS) is 12.8. The first-order valence-corrected chi connectivity index (χ1v) is 7.15. The fraction of sp³-hybridized carbons (Fsp3) is 0.538. The second kappa shape index (κ2) is 6.16. The van der Waals surface area contributed by atoms with Gasteiger partial charge in [-0.05, 0) is 50.4 Å². The topological polar surface area (TPSA) is 43.1 Å². The average Bonchev–Trinajstić information content (AvgIpc) is 2.20. The van der Waals surface area contributed by atoms with Crippen LogP contribution in [0.3, 0.4) is 0 Å². The van der Waals surface area contributed by atoms with Crippen molar-refractivity contribution in [3.63, 3.8) is 0 Å². The van der Waals surface area contributed by atoms with Gasteiger partial charge in [0, 0.05) is 22.3 Å². The lowest BCUT2D eigenvalue weighted by atomic mass is 10.0. The minimum Gasteiger partial charge on any atom is -0.330 e. The van der Waals surface area contributed by atoms with Crippen molar-refractivity contribution in [1.29, 1.82) is 0 Å². The number of nitrogens with two attached hydrogens (primary N) is 1. The minimum atomic E-state index is -0.778. The van der Waals surface area contributed by atoms with Crippen LogP contribution in [0.1, 0.15) is 28.7 Å². The molecule has 0 aliphatic rings. The standard InChI is InChI=1S/C13H21NOS/c1-10-7-11(2)13(12(3)8-10)9-16(15)6-4-5-14/h7-8H,4-6,9,14H2,1-3H3. The van der Waals surface area contributed by atoms with Gasteiger partial charge in [-0.2, -0.15) is 0 Å². The predicted octanol–water partition coefficient (Wildman–Crippen LogP) is 2.21. The molecule has 0 amide bonds. The molecule has 90 valence electrons. The van der Waals surface area contributed by atoms with Crippen LogP contribution >= 0.6 is 0 Å². The highest BCUT2D eigenvalue weighted by Crippen LogP contribution is 2.18. The van der Waals surface area contributed by atoms with Gasteiger partial charge < -0.3 is 5.73 Å². The van der Waals surface area contributed by atoms with E-state index in [0.29, 0.717) is 18.1 Å². The van der Waals surface area contributed by atoms with Crippen molar-refractivity contribution in [2.24, 2.45) is 5.73 Å². The van der Waals surface area contributed by atoms with Gasteiger partial charge in [0.2, 0.25) is 0 Å². The van der Waals surface area contributed by atoms with Crippen LogP contribution < -0.4 is 5.73 Å². The number of aryl methyl sites for hydroxylation is 3. The van der Waals surface area contributed by atoms with E-state index in [0.717, 1.165) is 6.42 Å². The molecule has 3 heteroatoms. The van der Waals surface area contributed by atoms with E-state index in [1.807, 2.05) is 0 Å². The summed E-state index contributed by atoms with van der Waals surface area (Å²) >= 11 is 0. The van der Waals surface area contributed by atoms with Crippen molar-refractivity contribution >= 4 is 10.8 Å². The van der Waals surface area contributed by atoms with Crippen molar-refractivity contribution in [2.75, 3.05) is 12.3 Å². The molecule has 0 heterocycles. The third-order valence-corrected chi connectivity index (χ3v) is 4.08. The van der Waals surface area contributed by atoms with E-state index in [1.54, 1.807) is 0 Å². The van der Waals surface area contributed by atoms with Crippen molar-refractivity contribution in [3.8, 4) is 0 Å². The second-order valence-corrected chi connectivity index (χ2v) is 5.88. The molecule has 0 aliphatic carbocycles. The Morgan fingerprint density at radius 1 is 1.19 bits per heavy atom. The monoisotopic (exact) mass is 239 g/mol.